The van der Waals surface area contributed by atoms with Crippen LogP contribution in [0.4, 0.5) is 0 Å². The summed E-state index contributed by atoms with van der Waals surface area (Å²) in [6.07, 6.45) is 3.72. The van der Waals surface area contributed by atoms with Gasteiger partial charge in [-0.25, -0.2) is 4.68 Å². The summed E-state index contributed by atoms with van der Waals surface area (Å²) in [5.41, 5.74) is 14.3. The molecule has 0 spiro atoms. The fraction of sp³-hybridized carbons (Fsp3) is 0.0909. The number of benzene rings is 1. The van der Waals surface area contributed by atoms with Crippen molar-refractivity contribution >= 4 is 27.0 Å². The van der Waals surface area contributed by atoms with Gasteiger partial charge in [0.25, 0.3) is 0 Å². The van der Waals surface area contributed by atoms with Crippen molar-refractivity contribution in [2.45, 2.75) is 6.54 Å². The van der Waals surface area contributed by atoms with Crippen molar-refractivity contribution in [1.29, 1.82) is 0 Å². The molecule has 0 amide bonds. The number of hydrazine groups is 1. The van der Waals surface area contributed by atoms with Gasteiger partial charge in [-0.1, -0.05) is 21.1 Å². The van der Waals surface area contributed by atoms with Crippen LogP contribution in [0.1, 0.15) is 0 Å². The highest BCUT2D eigenvalue weighted by molar-refractivity contribution is 9.10. The SMILES string of the molecule is NC1=CC=C(Cn2nnc3ccc(Br)cc32)NN1. The molecule has 92 valence electrons. The molecular formula is C11H11BrN6. The maximum Gasteiger partial charge on any atom is 0.115 e. The predicted molar refractivity (Wildman–Crippen MR) is 71.9 cm³/mol. The second-order valence-corrected chi connectivity index (χ2v) is 4.86. The van der Waals surface area contributed by atoms with Crippen molar-refractivity contribution in [3.05, 3.63) is 46.3 Å². The average molecular weight is 307 g/mol. The molecule has 0 fully saturated rings. The quantitative estimate of drug-likeness (QED) is 0.771. The molecule has 0 aliphatic carbocycles. The summed E-state index contributed by atoms with van der Waals surface area (Å²) in [4.78, 5) is 0. The Hall–Kier alpha value is -2.02. The zero-order chi connectivity index (χ0) is 12.5. The van der Waals surface area contributed by atoms with Gasteiger partial charge in [0.05, 0.1) is 17.8 Å². The predicted octanol–water partition coefficient (Wildman–Crippen LogP) is 0.986. The van der Waals surface area contributed by atoms with Crippen LogP contribution < -0.4 is 16.6 Å². The lowest BCUT2D eigenvalue weighted by atomic mass is 10.3. The van der Waals surface area contributed by atoms with E-state index in [1.54, 1.807) is 6.08 Å². The van der Waals surface area contributed by atoms with Crippen molar-refractivity contribution < 1.29 is 0 Å². The highest BCUT2D eigenvalue weighted by atomic mass is 79.9. The van der Waals surface area contributed by atoms with E-state index in [2.05, 4.69) is 37.1 Å². The van der Waals surface area contributed by atoms with E-state index in [0.29, 0.717) is 12.4 Å². The number of nitrogens with one attached hydrogen (secondary N) is 2. The molecule has 18 heavy (non-hydrogen) atoms. The van der Waals surface area contributed by atoms with Gasteiger partial charge in [-0.15, -0.1) is 5.10 Å². The lowest BCUT2D eigenvalue weighted by molar-refractivity contribution is 0.576. The number of nitrogens with zero attached hydrogens (tertiary/aromatic N) is 3. The zero-order valence-corrected chi connectivity index (χ0v) is 11.0. The molecule has 2 heterocycles. The Morgan fingerprint density at radius 2 is 2.17 bits per heavy atom. The molecule has 4 N–H and O–H groups in total. The van der Waals surface area contributed by atoms with Crippen molar-refractivity contribution in [2.24, 2.45) is 5.73 Å². The first-order chi connectivity index (χ1) is 8.72. The zero-order valence-electron chi connectivity index (χ0n) is 9.39. The highest BCUT2D eigenvalue weighted by Gasteiger charge is 2.08. The van der Waals surface area contributed by atoms with Gasteiger partial charge >= 0.3 is 0 Å². The molecule has 1 aliphatic heterocycles. The summed E-state index contributed by atoms with van der Waals surface area (Å²) in [6, 6.07) is 5.88. The third-order valence-electron chi connectivity index (χ3n) is 2.63. The third kappa shape index (κ3) is 2.04. The molecule has 7 heteroatoms. The van der Waals surface area contributed by atoms with Gasteiger partial charge in [-0.05, 0) is 30.4 Å². The van der Waals surface area contributed by atoms with Crippen LogP contribution in [0.5, 0.6) is 0 Å². The van der Waals surface area contributed by atoms with Crippen LogP contribution >= 0.6 is 15.9 Å². The Labute approximate surface area is 112 Å². The first kappa shape index (κ1) is 11.1. The maximum absolute atomic E-state index is 5.58. The maximum atomic E-state index is 5.58. The molecule has 0 bridgehead atoms. The average Bonchev–Trinajstić information content (AvgIpc) is 2.75. The summed E-state index contributed by atoms with van der Waals surface area (Å²) in [5, 5.41) is 8.25. The number of rotatable bonds is 2. The molecule has 3 rings (SSSR count). The number of allylic oxidation sites excluding steroid dienone is 3. The first-order valence-electron chi connectivity index (χ1n) is 5.39. The Morgan fingerprint density at radius 1 is 1.28 bits per heavy atom. The number of nitrogens with two attached hydrogens (primary N) is 1. The summed E-state index contributed by atoms with van der Waals surface area (Å²) in [5.74, 6) is 0.588. The topological polar surface area (TPSA) is 80.8 Å². The van der Waals surface area contributed by atoms with Gasteiger partial charge in [-0.3, -0.25) is 5.43 Å². The van der Waals surface area contributed by atoms with E-state index in [1.165, 1.54) is 0 Å². The monoisotopic (exact) mass is 306 g/mol. The van der Waals surface area contributed by atoms with E-state index in [4.69, 9.17) is 5.73 Å². The molecule has 0 unspecified atom stereocenters. The summed E-state index contributed by atoms with van der Waals surface area (Å²) >= 11 is 3.45. The number of hydrogen-bond acceptors (Lipinski definition) is 5. The molecule has 0 saturated carbocycles. The van der Waals surface area contributed by atoms with Crippen LogP contribution in [0.25, 0.3) is 11.0 Å². The minimum absolute atomic E-state index is 0.588. The van der Waals surface area contributed by atoms with E-state index in [-0.39, 0.29) is 0 Å². The molecule has 0 radical (unpaired) electrons. The smallest absolute Gasteiger partial charge is 0.115 e. The molecule has 0 saturated heterocycles. The van der Waals surface area contributed by atoms with Gasteiger partial charge in [0.15, 0.2) is 0 Å². The van der Waals surface area contributed by atoms with Crippen LogP contribution in [-0.2, 0) is 6.54 Å². The molecule has 6 nitrogen and oxygen atoms in total. The molecule has 1 aromatic heterocycles. The summed E-state index contributed by atoms with van der Waals surface area (Å²) in [7, 11) is 0. The van der Waals surface area contributed by atoms with Crippen LogP contribution in [-0.4, -0.2) is 15.0 Å². The van der Waals surface area contributed by atoms with Crippen molar-refractivity contribution in [3.8, 4) is 0 Å². The fourth-order valence-electron chi connectivity index (χ4n) is 1.73. The molecule has 2 aromatic rings. The third-order valence-corrected chi connectivity index (χ3v) is 3.12. The highest BCUT2D eigenvalue weighted by Crippen LogP contribution is 2.18. The van der Waals surface area contributed by atoms with Crippen LogP contribution in [0.3, 0.4) is 0 Å². The molecular weight excluding hydrogens is 296 g/mol. The Bertz CT molecular complexity index is 657. The Morgan fingerprint density at radius 3 is 2.94 bits per heavy atom. The number of fused-ring (bicyclic) bond motifs is 1. The molecule has 0 atom stereocenters. The number of halogens is 1. The summed E-state index contributed by atoms with van der Waals surface area (Å²) < 4.78 is 2.84. The van der Waals surface area contributed by atoms with Crippen LogP contribution in [0, 0.1) is 0 Å². The van der Waals surface area contributed by atoms with E-state index < -0.39 is 0 Å². The van der Waals surface area contributed by atoms with Gasteiger partial charge in [0.1, 0.15) is 11.3 Å². The first-order valence-corrected chi connectivity index (χ1v) is 6.19. The second kappa shape index (κ2) is 4.34. The Kier molecular flexibility index (Phi) is 2.67. The lowest BCUT2D eigenvalue weighted by Gasteiger charge is -2.16. The van der Waals surface area contributed by atoms with E-state index in [0.717, 1.165) is 21.2 Å². The van der Waals surface area contributed by atoms with Gasteiger partial charge in [0.2, 0.25) is 0 Å². The summed E-state index contributed by atoms with van der Waals surface area (Å²) in [6.45, 7) is 0.601. The minimum Gasteiger partial charge on any atom is -0.384 e. The second-order valence-electron chi connectivity index (χ2n) is 3.94. The molecule has 1 aromatic carbocycles. The standard InChI is InChI=1S/C11H11BrN6/c12-7-1-3-9-10(5-7)18(17-15-9)6-8-2-4-11(13)16-14-8/h1-5,14,16H,6,13H2. The van der Waals surface area contributed by atoms with Gasteiger partial charge in [-0.2, -0.15) is 0 Å². The fourth-order valence-corrected chi connectivity index (χ4v) is 2.08. The normalized spacial score (nSPS) is 14.7. The van der Waals surface area contributed by atoms with Gasteiger partial charge < -0.3 is 11.2 Å². The van der Waals surface area contributed by atoms with Crippen LogP contribution in [0.2, 0.25) is 0 Å². The largest absolute Gasteiger partial charge is 0.384 e. The van der Waals surface area contributed by atoms with E-state index in [9.17, 15) is 0 Å². The molecule has 1 aliphatic rings. The van der Waals surface area contributed by atoms with E-state index in [1.807, 2.05) is 29.0 Å². The van der Waals surface area contributed by atoms with Crippen molar-refractivity contribution in [2.75, 3.05) is 0 Å². The van der Waals surface area contributed by atoms with Crippen molar-refractivity contribution in [1.82, 2.24) is 25.8 Å². The lowest BCUT2D eigenvalue weighted by Crippen LogP contribution is -2.37. The number of hydrogen-bond donors (Lipinski definition) is 3. The van der Waals surface area contributed by atoms with E-state index >= 15 is 0 Å². The van der Waals surface area contributed by atoms with Crippen LogP contribution in [0.15, 0.2) is 46.3 Å². The minimum atomic E-state index is 0.588. The number of aromatic nitrogens is 3. The Balaban J connectivity index is 1.93. The van der Waals surface area contributed by atoms with Crippen molar-refractivity contribution in [3.63, 3.8) is 0 Å². The van der Waals surface area contributed by atoms with Gasteiger partial charge in [0, 0.05) is 4.47 Å².